The lowest BCUT2D eigenvalue weighted by atomic mass is 10.0. The van der Waals surface area contributed by atoms with E-state index in [9.17, 15) is 4.79 Å². The van der Waals surface area contributed by atoms with Crippen LogP contribution in [0.1, 0.15) is 23.6 Å². The van der Waals surface area contributed by atoms with Crippen LogP contribution in [0.25, 0.3) is 0 Å². The van der Waals surface area contributed by atoms with Gasteiger partial charge in [0.1, 0.15) is 0 Å². The van der Waals surface area contributed by atoms with Crippen molar-refractivity contribution in [2.24, 2.45) is 0 Å². The molecule has 1 atom stereocenters. The number of carbonyl (C=O) groups is 1. The Hall–Kier alpha value is -1.00. The highest BCUT2D eigenvalue weighted by molar-refractivity contribution is 7.80. The maximum Gasteiger partial charge on any atom is 0.231 e. The number of nitrogens with zero attached hydrogens (tertiary/aromatic N) is 1. The van der Waals surface area contributed by atoms with E-state index in [-0.39, 0.29) is 5.91 Å². The number of hydrogen-bond donors (Lipinski definition) is 2. The lowest BCUT2D eigenvalue weighted by Gasteiger charge is -2.17. The molecule has 0 saturated heterocycles. The van der Waals surface area contributed by atoms with E-state index in [1.807, 2.05) is 20.2 Å². The van der Waals surface area contributed by atoms with Crippen LogP contribution in [-0.4, -0.2) is 25.8 Å². The lowest BCUT2D eigenvalue weighted by Crippen LogP contribution is -2.20. The van der Waals surface area contributed by atoms with E-state index in [0.29, 0.717) is 12.5 Å². The molecule has 0 aromatic heterocycles. The molecular weight excluding hydrogens is 232 g/mol. The Morgan fingerprint density at radius 3 is 2.94 bits per heavy atom. The van der Waals surface area contributed by atoms with Crippen LogP contribution in [0.15, 0.2) is 18.2 Å². The quantitative estimate of drug-likeness (QED) is 0.799. The topological polar surface area (TPSA) is 32.3 Å². The summed E-state index contributed by atoms with van der Waals surface area (Å²) in [4.78, 5) is 13.3. The van der Waals surface area contributed by atoms with Gasteiger partial charge in [0.2, 0.25) is 5.91 Å². The Labute approximate surface area is 108 Å². The minimum absolute atomic E-state index is 0.173. The Kier molecular flexibility index (Phi) is 3.74. The second kappa shape index (κ2) is 5.10. The maximum atomic E-state index is 11.6. The molecule has 0 fully saturated rings. The maximum absolute atomic E-state index is 11.6. The van der Waals surface area contributed by atoms with E-state index in [1.165, 1.54) is 5.56 Å². The van der Waals surface area contributed by atoms with Gasteiger partial charge in [-0.2, -0.15) is 12.6 Å². The molecule has 0 saturated carbocycles. The molecule has 1 heterocycles. The van der Waals surface area contributed by atoms with Gasteiger partial charge in [0.25, 0.3) is 0 Å². The Balaban J connectivity index is 2.29. The molecule has 1 aliphatic rings. The van der Waals surface area contributed by atoms with Gasteiger partial charge in [-0.25, -0.2) is 0 Å². The van der Waals surface area contributed by atoms with Crippen molar-refractivity contribution in [2.45, 2.75) is 18.9 Å². The first-order valence-corrected chi connectivity index (χ1v) is 6.48. The molecule has 1 N–H and O–H groups in total. The van der Waals surface area contributed by atoms with Crippen LogP contribution in [-0.2, 0) is 11.2 Å². The molecule has 17 heavy (non-hydrogen) atoms. The van der Waals surface area contributed by atoms with Gasteiger partial charge in [0.15, 0.2) is 0 Å². The molecule has 0 aliphatic carbocycles. The molecule has 1 aromatic carbocycles. The van der Waals surface area contributed by atoms with Gasteiger partial charge >= 0.3 is 0 Å². The molecule has 1 unspecified atom stereocenters. The summed E-state index contributed by atoms with van der Waals surface area (Å²) in [7, 11) is 3.79. The molecule has 0 bridgehead atoms. The third kappa shape index (κ3) is 2.33. The molecule has 2 rings (SSSR count). The molecule has 1 amide bonds. The van der Waals surface area contributed by atoms with Gasteiger partial charge in [0.05, 0.1) is 6.42 Å². The number of rotatable bonds is 4. The van der Waals surface area contributed by atoms with E-state index < -0.39 is 0 Å². The minimum Gasteiger partial charge on any atom is -0.315 e. The van der Waals surface area contributed by atoms with Crippen molar-refractivity contribution < 1.29 is 4.79 Å². The Morgan fingerprint density at radius 1 is 1.53 bits per heavy atom. The predicted molar refractivity (Wildman–Crippen MR) is 73.8 cm³/mol. The fraction of sp³-hybridized carbons (Fsp3) is 0.462. The fourth-order valence-corrected chi connectivity index (χ4v) is 2.57. The second-order valence-corrected chi connectivity index (χ2v) is 4.82. The van der Waals surface area contributed by atoms with Gasteiger partial charge in [-0.05, 0) is 36.4 Å². The summed E-state index contributed by atoms with van der Waals surface area (Å²) in [6.07, 6.45) is 1.51. The van der Waals surface area contributed by atoms with Gasteiger partial charge in [-0.3, -0.25) is 4.79 Å². The van der Waals surface area contributed by atoms with E-state index in [0.717, 1.165) is 23.4 Å². The second-order valence-electron chi connectivity index (χ2n) is 4.37. The molecule has 1 aromatic rings. The Morgan fingerprint density at radius 2 is 2.29 bits per heavy atom. The highest BCUT2D eigenvalue weighted by Crippen LogP contribution is 2.30. The third-order valence-electron chi connectivity index (χ3n) is 3.35. The lowest BCUT2D eigenvalue weighted by molar-refractivity contribution is -0.117. The molecule has 3 nitrogen and oxygen atoms in total. The zero-order valence-corrected chi connectivity index (χ0v) is 11.1. The van der Waals surface area contributed by atoms with Crippen LogP contribution >= 0.6 is 12.6 Å². The first-order valence-electron chi connectivity index (χ1n) is 5.85. The van der Waals surface area contributed by atoms with Gasteiger partial charge < -0.3 is 10.2 Å². The van der Waals surface area contributed by atoms with Crippen LogP contribution < -0.4 is 10.2 Å². The molecule has 1 aliphatic heterocycles. The molecule has 0 radical (unpaired) electrons. The molecule has 4 heteroatoms. The van der Waals surface area contributed by atoms with Crippen molar-refractivity contribution in [3.63, 3.8) is 0 Å². The summed E-state index contributed by atoms with van der Waals surface area (Å²) < 4.78 is 0. The van der Waals surface area contributed by atoms with E-state index >= 15 is 0 Å². The number of anilines is 1. The number of thiol groups is 1. The van der Waals surface area contributed by atoms with Crippen molar-refractivity contribution in [1.29, 1.82) is 0 Å². The van der Waals surface area contributed by atoms with Crippen LogP contribution in [0, 0.1) is 0 Å². The first kappa shape index (κ1) is 12.5. The predicted octanol–water partition coefficient (Wildman–Crippen LogP) is 1.79. The summed E-state index contributed by atoms with van der Waals surface area (Å²) in [6.45, 7) is 0. The molecule has 0 spiro atoms. The number of hydrogen-bond acceptors (Lipinski definition) is 3. The van der Waals surface area contributed by atoms with E-state index in [2.05, 4.69) is 30.1 Å². The SMILES string of the molecule is CNC(CCS)c1ccc2c(c1)CC(=O)N2C. The summed E-state index contributed by atoms with van der Waals surface area (Å²) in [5, 5.41) is 3.29. The minimum atomic E-state index is 0.173. The third-order valence-corrected chi connectivity index (χ3v) is 3.61. The van der Waals surface area contributed by atoms with E-state index in [1.54, 1.807) is 4.90 Å². The molecule has 92 valence electrons. The van der Waals surface area contributed by atoms with Crippen molar-refractivity contribution in [3.05, 3.63) is 29.3 Å². The normalized spacial score (nSPS) is 16.2. The number of benzene rings is 1. The van der Waals surface area contributed by atoms with Crippen molar-refractivity contribution in [1.82, 2.24) is 5.32 Å². The zero-order chi connectivity index (χ0) is 12.4. The number of likely N-dealkylation sites (N-methyl/N-ethyl adjacent to an activating group) is 1. The highest BCUT2D eigenvalue weighted by atomic mass is 32.1. The average molecular weight is 250 g/mol. The van der Waals surface area contributed by atoms with Crippen LogP contribution in [0.4, 0.5) is 5.69 Å². The Bertz CT molecular complexity index is 433. The van der Waals surface area contributed by atoms with Crippen molar-refractivity contribution in [2.75, 3.05) is 24.7 Å². The van der Waals surface area contributed by atoms with Crippen molar-refractivity contribution >= 4 is 24.2 Å². The molecular formula is C13H18N2OS. The smallest absolute Gasteiger partial charge is 0.231 e. The van der Waals surface area contributed by atoms with Gasteiger partial charge in [-0.15, -0.1) is 0 Å². The van der Waals surface area contributed by atoms with Crippen LogP contribution in [0.5, 0.6) is 0 Å². The van der Waals surface area contributed by atoms with Gasteiger partial charge in [-0.1, -0.05) is 12.1 Å². The van der Waals surface area contributed by atoms with Crippen LogP contribution in [0.2, 0.25) is 0 Å². The number of fused-ring (bicyclic) bond motifs is 1. The zero-order valence-electron chi connectivity index (χ0n) is 10.2. The number of amides is 1. The van der Waals surface area contributed by atoms with Crippen LogP contribution in [0.3, 0.4) is 0 Å². The highest BCUT2D eigenvalue weighted by Gasteiger charge is 2.24. The first-order chi connectivity index (χ1) is 8.17. The monoisotopic (exact) mass is 250 g/mol. The summed E-state index contributed by atoms with van der Waals surface area (Å²) in [5.41, 5.74) is 3.41. The van der Waals surface area contributed by atoms with Crippen molar-refractivity contribution in [3.8, 4) is 0 Å². The largest absolute Gasteiger partial charge is 0.315 e. The van der Waals surface area contributed by atoms with Gasteiger partial charge in [0, 0.05) is 18.8 Å². The van der Waals surface area contributed by atoms with E-state index in [4.69, 9.17) is 0 Å². The average Bonchev–Trinajstić information content (AvgIpc) is 2.61. The summed E-state index contributed by atoms with van der Waals surface area (Å²) in [6, 6.07) is 6.59. The standard InChI is InChI=1S/C13H18N2OS/c1-14-11(5-6-17)9-3-4-12-10(7-9)8-13(16)15(12)2/h3-4,7,11,14,17H,5-6,8H2,1-2H3. The number of carbonyl (C=O) groups excluding carboxylic acids is 1. The number of nitrogens with one attached hydrogen (secondary N) is 1. The summed E-state index contributed by atoms with van der Waals surface area (Å²) >= 11 is 4.27. The summed E-state index contributed by atoms with van der Waals surface area (Å²) in [5.74, 6) is 1.02. The fourth-order valence-electron chi connectivity index (χ4n) is 2.31.